The summed E-state index contributed by atoms with van der Waals surface area (Å²) in [4.78, 5) is 17.1. The lowest BCUT2D eigenvalue weighted by Crippen LogP contribution is -2.50. The number of sulfonamides is 1. The molecule has 2 heterocycles. The molecule has 0 radical (unpaired) electrons. The van der Waals surface area contributed by atoms with Gasteiger partial charge in [-0.25, -0.2) is 13.1 Å². The van der Waals surface area contributed by atoms with Crippen molar-refractivity contribution < 1.29 is 17.9 Å². The molecule has 0 spiro atoms. The van der Waals surface area contributed by atoms with E-state index in [-0.39, 0.29) is 16.8 Å². The van der Waals surface area contributed by atoms with E-state index in [9.17, 15) is 13.2 Å². The summed E-state index contributed by atoms with van der Waals surface area (Å²) in [5.74, 6) is -0.117. The molecule has 0 aromatic heterocycles. The number of carbonyl (C=O) groups is 1. The van der Waals surface area contributed by atoms with Gasteiger partial charge in [0.2, 0.25) is 10.0 Å². The summed E-state index contributed by atoms with van der Waals surface area (Å²) < 4.78 is 32.9. The molecular formula is C19H29N3O4S. The number of carbonyl (C=O) groups excluding carboxylic acids is 1. The van der Waals surface area contributed by atoms with Crippen LogP contribution in [0, 0.1) is 0 Å². The number of hydrogen-bond acceptors (Lipinski definition) is 5. The fourth-order valence-electron chi connectivity index (χ4n) is 3.57. The second kappa shape index (κ2) is 8.68. The predicted octanol–water partition coefficient (Wildman–Crippen LogP) is 1.31. The standard InChI is InChI=1S/C19H29N3O4S/c1-15(2)20-27(24,25)18-7-3-5-16(13-18)19(23)22-10-8-21(9-11-22)14-17-6-4-12-26-17/h3,5,7,13,15,17,20H,4,6,8-12,14H2,1-2H3/t17-/m0/s1. The van der Waals surface area contributed by atoms with Crippen LogP contribution in [0.15, 0.2) is 29.2 Å². The van der Waals surface area contributed by atoms with Crippen LogP contribution in [0.1, 0.15) is 37.0 Å². The third-order valence-electron chi connectivity index (χ3n) is 4.93. The Hall–Kier alpha value is -1.48. The number of rotatable bonds is 6. The average molecular weight is 396 g/mol. The summed E-state index contributed by atoms with van der Waals surface area (Å²) in [6.45, 7) is 8.24. The molecule has 1 atom stereocenters. The first kappa shape index (κ1) is 20.3. The highest BCUT2D eigenvalue weighted by atomic mass is 32.2. The van der Waals surface area contributed by atoms with Crippen molar-refractivity contribution in [2.45, 2.75) is 43.7 Å². The molecule has 2 aliphatic heterocycles. The Kier molecular flexibility index (Phi) is 6.52. The summed E-state index contributed by atoms with van der Waals surface area (Å²) >= 11 is 0. The minimum absolute atomic E-state index is 0.117. The molecule has 7 nitrogen and oxygen atoms in total. The van der Waals surface area contributed by atoms with Crippen molar-refractivity contribution in [2.75, 3.05) is 39.3 Å². The van der Waals surface area contributed by atoms with Gasteiger partial charge in [0.15, 0.2) is 0 Å². The number of amides is 1. The molecule has 0 bridgehead atoms. The summed E-state index contributed by atoms with van der Waals surface area (Å²) in [5.41, 5.74) is 0.411. The fourth-order valence-corrected chi connectivity index (χ4v) is 4.86. The van der Waals surface area contributed by atoms with Gasteiger partial charge in [0, 0.05) is 50.9 Å². The lowest BCUT2D eigenvalue weighted by Gasteiger charge is -2.35. The zero-order valence-corrected chi connectivity index (χ0v) is 16.9. The third-order valence-corrected chi connectivity index (χ3v) is 6.58. The Morgan fingerprint density at radius 3 is 2.63 bits per heavy atom. The number of nitrogens with one attached hydrogen (secondary N) is 1. The van der Waals surface area contributed by atoms with Crippen molar-refractivity contribution >= 4 is 15.9 Å². The normalized spacial score (nSPS) is 21.7. The van der Waals surface area contributed by atoms with E-state index in [1.165, 1.54) is 12.1 Å². The molecule has 2 saturated heterocycles. The van der Waals surface area contributed by atoms with Crippen molar-refractivity contribution in [3.05, 3.63) is 29.8 Å². The van der Waals surface area contributed by atoms with Crippen molar-refractivity contribution in [2.24, 2.45) is 0 Å². The SMILES string of the molecule is CC(C)NS(=O)(=O)c1cccc(C(=O)N2CCN(C[C@@H]3CCCO3)CC2)c1. The molecule has 0 unspecified atom stereocenters. The monoisotopic (exact) mass is 395 g/mol. The Morgan fingerprint density at radius 2 is 2.00 bits per heavy atom. The van der Waals surface area contributed by atoms with Gasteiger partial charge in [-0.15, -0.1) is 0 Å². The summed E-state index contributed by atoms with van der Waals surface area (Å²) in [7, 11) is -3.61. The number of piperazine rings is 1. The molecule has 27 heavy (non-hydrogen) atoms. The smallest absolute Gasteiger partial charge is 0.253 e. The molecule has 2 fully saturated rings. The van der Waals surface area contributed by atoms with Crippen LogP contribution in [0.2, 0.25) is 0 Å². The maximum atomic E-state index is 12.8. The van der Waals surface area contributed by atoms with Gasteiger partial charge in [-0.1, -0.05) is 6.07 Å². The predicted molar refractivity (Wildman–Crippen MR) is 103 cm³/mol. The van der Waals surface area contributed by atoms with E-state index in [1.807, 2.05) is 0 Å². The zero-order valence-electron chi connectivity index (χ0n) is 16.1. The lowest BCUT2D eigenvalue weighted by molar-refractivity contribution is 0.0432. The van der Waals surface area contributed by atoms with Crippen LogP contribution >= 0.6 is 0 Å². The van der Waals surface area contributed by atoms with Crippen molar-refractivity contribution in [3.63, 3.8) is 0 Å². The topological polar surface area (TPSA) is 79.0 Å². The second-order valence-electron chi connectivity index (χ2n) is 7.53. The van der Waals surface area contributed by atoms with Crippen LogP contribution in [-0.2, 0) is 14.8 Å². The first-order chi connectivity index (χ1) is 12.8. The first-order valence-electron chi connectivity index (χ1n) is 9.61. The third kappa shape index (κ3) is 5.28. The van der Waals surface area contributed by atoms with E-state index in [4.69, 9.17) is 4.74 Å². The Labute approximate surface area is 161 Å². The summed E-state index contributed by atoms with van der Waals surface area (Å²) in [5, 5.41) is 0. The van der Waals surface area contributed by atoms with Gasteiger partial charge in [-0.3, -0.25) is 9.69 Å². The molecule has 0 saturated carbocycles. The van der Waals surface area contributed by atoms with Gasteiger partial charge in [-0.05, 0) is 44.9 Å². The summed E-state index contributed by atoms with van der Waals surface area (Å²) in [6, 6.07) is 6.07. The van der Waals surface area contributed by atoms with E-state index >= 15 is 0 Å². The molecule has 1 aromatic rings. The Bertz CT molecular complexity index is 752. The second-order valence-corrected chi connectivity index (χ2v) is 9.25. The zero-order chi connectivity index (χ0) is 19.4. The highest BCUT2D eigenvalue weighted by molar-refractivity contribution is 7.89. The van der Waals surface area contributed by atoms with E-state index in [1.54, 1.807) is 30.9 Å². The fraction of sp³-hybridized carbons (Fsp3) is 0.632. The van der Waals surface area contributed by atoms with Gasteiger partial charge >= 0.3 is 0 Å². The van der Waals surface area contributed by atoms with E-state index in [0.29, 0.717) is 24.8 Å². The maximum Gasteiger partial charge on any atom is 0.253 e. The lowest BCUT2D eigenvalue weighted by atomic mass is 10.1. The van der Waals surface area contributed by atoms with E-state index in [2.05, 4.69) is 9.62 Å². The van der Waals surface area contributed by atoms with E-state index in [0.717, 1.165) is 39.1 Å². The van der Waals surface area contributed by atoms with Crippen molar-refractivity contribution in [1.82, 2.24) is 14.5 Å². The van der Waals surface area contributed by atoms with Crippen molar-refractivity contribution in [1.29, 1.82) is 0 Å². The quantitative estimate of drug-likeness (QED) is 0.786. The molecule has 0 aliphatic carbocycles. The van der Waals surface area contributed by atoms with Gasteiger partial charge in [0.05, 0.1) is 11.0 Å². The molecule has 150 valence electrons. The van der Waals surface area contributed by atoms with E-state index < -0.39 is 10.0 Å². The van der Waals surface area contributed by atoms with Gasteiger partial charge in [0.25, 0.3) is 5.91 Å². The minimum Gasteiger partial charge on any atom is -0.377 e. The number of ether oxygens (including phenoxy) is 1. The largest absolute Gasteiger partial charge is 0.377 e. The Balaban J connectivity index is 1.60. The summed E-state index contributed by atoms with van der Waals surface area (Å²) in [6.07, 6.45) is 2.57. The highest BCUT2D eigenvalue weighted by Crippen LogP contribution is 2.17. The van der Waals surface area contributed by atoms with Crippen LogP contribution in [0.25, 0.3) is 0 Å². The molecule has 2 aliphatic rings. The molecule has 1 aromatic carbocycles. The first-order valence-corrected chi connectivity index (χ1v) is 11.1. The van der Waals surface area contributed by atoms with Crippen LogP contribution in [0.5, 0.6) is 0 Å². The number of nitrogens with zero attached hydrogens (tertiary/aromatic N) is 2. The Morgan fingerprint density at radius 1 is 1.26 bits per heavy atom. The van der Waals surface area contributed by atoms with Gasteiger partial charge in [0.1, 0.15) is 0 Å². The van der Waals surface area contributed by atoms with Crippen LogP contribution in [0.3, 0.4) is 0 Å². The number of benzene rings is 1. The molecule has 8 heteroatoms. The molecular weight excluding hydrogens is 366 g/mol. The van der Waals surface area contributed by atoms with Gasteiger partial charge < -0.3 is 9.64 Å². The van der Waals surface area contributed by atoms with Gasteiger partial charge in [-0.2, -0.15) is 0 Å². The van der Waals surface area contributed by atoms with Crippen LogP contribution in [-0.4, -0.2) is 75.6 Å². The maximum absolute atomic E-state index is 12.8. The minimum atomic E-state index is -3.61. The highest BCUT2D eigenvalue weighted by Gasteiger charge is 2.26. The van der Waals surface area contributed by atoms with Crippen LogP contribution in [0.4, 0.5) is 0 Å². The van der Waals surface area contributed by atoms with Crippen LogP contribution < -0.4 is 4.72 Å². The average Bonchev–Trinajstić information content (AvgIpc) is 3.14. The van der Waals surface area contributed by atoms with Crippen molar-refractivity contribution in [3.8, 4) is 0 Å². The molecule has 1 N–H and O–H groups in total. The molecule has 1 amide bonds. The molecule has 3 rings (SSSR count). The number of hydrogen-bond donors (Lipinski definition) is 1.